The molecule has 0 atom stereocenters. The summed E-state index contributed by atoms with van der Waals surface area (Å²) in [6.07, 6.45) is 0. The molecule has 0 spiro atoms. The summed E-state index contributed by atoms with van der Waals surface area (Å²) in [5.41, 5.74) is 0.993. The first kappa shape index (κ1) is 9.85. The standard InChI is InChI=1S/C9H10N4OS/c1-13(9-10-11-12-15-9)7-4-3-5-8(6-7)14-2/h3-6H,1-2H3. The highest BCUT2D eigenvalue weighted by Gasteiger charge is 2.08. The summed E-state index contributed by atoms with van der Waals surface area (Å²) in [5, 5.41) is 8.20. The fraction of sp³-hybridized carbons (Fsp3) is 0.222. The number of anilines is 2. The molecule has 0 saturated carbocycles. The highest BCUT2D eigenvalue weighted by molar-refractivity contribution is 7.09. The van der Waals surface area contributed by atoms with Gasteiger partial charge < -0.3 is 9.64 Å². The molecule has 2 rings (SSSR count). The summed E-state index contributed by atoms with van der Waals surface area (Å²) >= 11 is 1.25. The van der Waals surface area contributed by atoms with Gasteiger partial charge in [-0.05, 0) is 17.3 Å². The van der Waals surface area contributed by atoms with Crippen molar-refractivity contribution in [1.29, 1.82) is 0 Å². The van der Waals surface area contributed by atoms with Gasteiger partial charge in [0.15, 0.2) is 0 Å². The smallest absolute Gasteiger partial charge is 0.232 e. The summed E-state index contributed by atoms with van der Waals surface area (Å²) in [4.78, 5) is 1.91. The maximum absolute atomic E-state index is 5.15. The molecule has 0 fully saturated rings. The van der Waals surface area contributed by atoms with Crippen LogP contribution in [-0.4, -0.2) is 29.0 Å². The monoisotopic (exact) mass is 222 g/mol. The van der Waals surface area contributed by atoms with Crippen molar-refractivity contribution in [3.8, 4) is 5.75 Å². The summed E-state index contributed by atoms with van der Waals surface area (Å²) in [6.45, 7) is 0. The van der Waals surface area contributed by atoms with Crippen molar-refractivity contribution < 1.29 is 4.74 Å². The van der Waals surface area contributed by atoms with Crippen molar-refractivity contribution in [3.05, 3.63) is 24.3 Å². The molecule has 6 heteroatoms. The van der Waals surface area contributed by atoms with E-state index < -0.39 is 0 Å². The molecule has 0 bridgehead atoms. The third-order valence-corrected chi connectivity index (χ3v) is 2.69. The van der Waals surface area contributed by atoms with Crippen LogP contribution in [0.1, 0.15) is 0 Å². The lowest BCUT2D eigenvalue weighted by Crippen LogP contribution is -2.08. The highest BCUT2D eigenvalue weighted by Crippen LogP contribution is 2.26. The van der Waals surface area contributed by atoms with E-state index in [0.29, 0.717) is 0 Å². The number of ether oxygens (including phenoxy) is 1. The van der Waals surface area contributed by atoms with E-state index in [1.807, 2.05) is 36.2 Å². The molecule has 0 aliphatic carbocycles. The van der Waals surface area contributed by atoms with Crippen LogP contribution in [0.2, 0.25) is 0 Å². The van der Waals surface area contributed by atoms with E-state index in [4.69, 9.17) is 4.74 Å². The highest BCUT2D eigenvalue weighted by atomic mass is 32.1. The van der Waals surface area contributed by atoms with Gasteiger partial charge in [-0.15, -0.1) is 0 Å². The number of benzene rings is 1. The van der Waals surface area contributed by atoms with Gasteiger partial charge in [0.1, 0.15) is 5.75 Å². The molecule has 1 aromatic heterocycles. The third kappa shape index (κ3) is 2.04. The van der Waals surface area contributed by atoms with Gasteiger partial charge >= 0.3 is 0 Å². The largest absolute Gasteiger partial charge is 0.497 e. The van der Waals surface area contributed by atoms with E-state index in [1.54, 1.807) is 7.11 Å². The zero-order valence-electron chi connectivity index (χ0n) is 8.41. The van der Waals surface area contributed by atoms with E-state index in [-0.39, 0.29) is 0 Å². The van der Waals surface area contributed by atoms with Crippen LogP contribution in [0.15, 0.2) is 24.3 Å². The number of methoxy groups -OCH3 is 1. The third-order valence-electron chi connectivity index (χ3n) is 2.02. The molecular weight excluding hydrogens is 212 g/mol. The molecular formula is C9H10N4OS. The minimum absolute atomic E-state index is 0.753. The predicted molar refractivity (Wildman–Crippen MR) is 58.8 cm³/mol. The zero-order valence-corrected chi connectivity index (χ0v) is 9.23. The van der Waals surface area contributed by atoms with E-state index in [2.05, 4.69) is 14.8 Å². The van der Waals surface area contributed by atoms with Crippen LogP contribution in [0.25, 0.3) is 0 Å². The van der Waals surface area contributed by atoms with Gasteiger partial charge in [-0.25, -0.2) is 0 Å². The second-order valence-electron chi connectivity index (χ2n) is 2.91. The van der Waals surface area contributed by atoms with Crippen molar-refractivity contribution in [2.24, 2.45) is 0 Å². The average molecular weight is 222 g/mol. The lowest BCUT2D eigenvalue weighted by atomic mass is 10.3. The maximum Gasteiger partial charge on any atom is 0.232 e. The quantitative estimate of drug-likeness (QED) is 0.791. The minimum atomic E-state index is 0.753. The second kappa shape index (κ2) is 4.22. The van der Waals surface area contributed by atoms with Crippen LogP contribution in [-0.2, 0) is 0 Å². The SMILES string of the molecule is COc1cccc(N(C)c2nnns2)c1. The van der Waals surface area contributed by atoms with Crippen LogP contribution in [0, 0.1) is 0 Å². The molecule has 0 N–H and O–H groups in total. The molecule has 0 aliphatic rings. The van der Waals surface area contributed by atoms with E-state index in [9.17, 15) is 0 Å². The van der Waals surface area contributed by atoms with E-state index in [1.165, 1.54) is 11.5 Å². The predicted octanol–water partition coefficient (Wildman–Crippen LogP) is 1.71. The second-order valence-corrected chi connectivity index (χ2v) is 3.62. The van der Waals surface area contributed by atoms with Crippen molar-refractivity contribution in [2.45, 2.75) is 0 Å². The zero-order chi connectivity index (χ0) is 10.7. The number of hydrogen-bond donors (Lipinski definition) is 0. The Morgan fingerprint density at radius 2 is 2.27 bits per heavy atom. The van der Waals surface area contributed by atoms with Crippen LogP contribution < -0.4 is 9.64 Å². The molecule has 15 heavy (non-hydrogen) atoms. The van der Waals surface area contributed by atoms with Gasteiger partial charge in [0, 0.05) is 30.3 Å². The van der Waals surface area contributed by atoms with Crippen molar-refractivity contribution in [3.63, 3.8) is 0 Å². The maximum atomic E-state index is 5.15. The number of nitrogens with zero attached hydrogens (tertiary/aromatic N) is 4. The first-order valence-electron chi connectivity index (χ1n) is 4.34. The molecule has 1 heterocycles. The normalized spacial score (nSPS) is 10.0. The number of aromatic nitrogens is 3. The molecule has 0 saturated heterocycles. The fourth-order valence-electron chi connectivity index (χ4n) is 1.19. The Hall–Kier alpha value is -1.69. The summed E-state index contributed by atoms with van der Waals surface area (Å²) < 4.78 is 8.87. The van der Waals surface area contributed by atoms with Crippen LogP contribution in [0.3, 0.4) is 0 Å². The Morgan fingerprint density at radius 1 is 1.40 bits per heavy atom. The Labute approximate surface area is 91.5 Å². The molecule has 0 radical (unpaired) electrons. The Balaban J connectivity index is 2.29. The summed E-state index contributed by atoms with van der Waals surface area (Å²) in [6, 6.07) is 7.74. The van der Waals surface area contributed by atoms with Gasteiger partial charge in [0.2, 0.25) is 5.13 Å². The molecule has 2 aromatic rings. The van der Waals surface area contributed by atoms with Gasteiger partial charge in [-0.1, -0.05) is 15.7 Å². The molecule has 0 amide bonds. The average Bonchev–Trinajstić information content (AvgIpc) is 2.81. The summed E-state index contributed by atoms with van der Waals surface area (Å²) in [5.74, 6) is 0.817. The Morgan fingerprint density at radius 3 is 2.93 bits per heavy atom. The van der Waals surface area contributed by atoms with Gasteiger partial charge in [-0.3, -0.25) is 0 Å². The molecule has 1 aromatic carbocycles. The van der Waals surface area contributed by atoms with Crippen LogP contribution in [0.5, 0.6) is 5.75 Å². The van der Waals surface area contributed by atoms with Gasteiger partial charge in [0.05, 0.1) is 7.11 Å². The first-order chi connectivity index (χ1) is 7.31. The van der Waals surface area contributed by atoms with E-state index in [0.717, 1.165) is 16.6 Å². The molecule has 5 nitrogen and oxygen atoms in total. The minimum Gasteiger partial charge on any atom is -0.497 e. The van der Waals surface area contributed by atoms with Crippen molar-refractivity contribution >= 4 is 22.4 Å². The topological polar surface area (TPSA) is 51.1 Å². The van der Waals surface area contributed by atoms with Crippen molar-refractivity contribution in [2.75, 3.05) is 19.1 Å². The van der Waals surface area contributed by atoms with Crippen LogP contribution in [0.4, 0.5) is 10.8 Å². The molecule has 0 aliphatic heterocycles. The number of rotatable bonds is 3. The van der Waals surface area contributed by atoms with Gasteiger partial charge in [0.25, 0.3) is 0 Å². The fourth-order valence-corrected chi connectivity index (χ4v) is 1.63. The Kier molecular flexibility index (Phi) is 2.77. The number of hydrogen-bond acceptors (Lipinski definition) is 6. The first-order valence-corrected chi connectivity index (χ1v) is 5.11. The lowest BCUT2D eigenvalue weighted by molar-refractivity contribution is 0.415. The molecule has 78 valence electrons. The van der Waals surface area contributed by atoms with Crippen LogP contribution >= 0.6 is 11.5 Å². The summed E-state index contributed by atoms with van der Waals surface area (Å²) in [7, 11) is 3.56. The molecule has 0 unspecified atom stereocenters. The van der Waals surface area contributed by atoms with Crippen molar-refractivity contribution in [1.82, 2.24) is 14.8 Å². The lowest BCUT2D eigenvalue weighted by Gasteiger charge is -2.14. The Bertz CT molecular complexity index is 431. The van der Waals surface area contributed by atoms with E-state index >= 15 is 0 Å². The van der Waals surface area contributed by atoms with Gasteiger partial charge in [-0.2, -0.15) is 0 Å².